The normalized spacial score (nSPS) is 10.9. The van der Waals surface area contributed by atoms with E-state index in [1.807, 2.05) is 32.9 Å². The van der Waals surface area contributed by atoms with Crippen molar-refractivity contribution in [1.29, 1.82) is 0 Å². The van der Waals surface area contributed by atoms with Crippen molar-refractivity contribution in [1.82, 2.24) is 14.7 Å². The Balaban J connectivity index is 1.56. The average Bonchev–Trinajstić information content (AvgIpc) is 3.46. The van der Waals surface area contributed by atoms with E-state index in [0.717, 1.165) is 28.1 Å². The highest BCUT2D eigenvalue weighted by Crippen LogP contribution is 2.26. The molecule has 174 valence electrons. The fourth-order valence-corrected chi connectivity index (χ4v) is 4.03. The number of aromatic nitrogens is 2. The summed E-state index contributed by atoms with van der Waals surface area (Å²) in [6.45, 7) is 5.79. The van der Waals surface area contributed by atoms with Gasteiger partial charge < -0.3 is 14.6 Å². The third-order valence-corrected chi connectivity index (χ3v) is 5.69. The Morgan fingerprint density at radius 2 is 1.74 bits per heavy atom. The second-order valence-electron chi connectivity index (χ2n) is 8.26. The van der Waals surface area contributed by atoms with Crippen molar-refractivity contribution >= 4 is 29.1 Å². The second kappa shape index (κ2) is 9.57. The fourth-order valence-electron chi connectivity index (χ4n) is 3.90. The average molecular weight is 477 g/mol. The molecular formula is C26H25ClN4O3. The molecule has 8 heteroatoms. The van der Waals surface area contributed by atoms with Gasteiger partial charge in [0.25, 0.3) is 5.91 Å². The maximum atomic E-state index is 13.2. The number of halogens is 1. The Morgan fingerprint density at radius 1 is 1.06 bits per heavy atom. The number of anilines is 1. The first-order valence-electron chi connectivity index (χ1n) is 10.8. The molecule has 0 bridgehead atoms. The molecule has 4 aromatic rings. The standard InChI is InChI=1S/C26H25ClN4O3/c1-16-12-17(2)25(18(3)13-16)28-24(32)15-30(4)26(33)21-14-22(23-6-5-11-34-23)31(29-21)20-9-7-19(27)8-10-20/h5-14H,15H2,1-4H3,(H,28,32). The zero-order valence-corrected chi connectivity index (χ0v) is 20.2. The highest BCUT2D eigenvalue weighted by Gasteiger charge is 2.22. The van der Waals surface area contributed by atoms with Gasteiger partial charge in [-0.05, 0) is 68.3 Å². The molecule has 0 aliphatic carbocycles. The summed E-state index contributed by atoms with van der Waals surface area (Å²) in [4.78, 5) is 27.2. The first-order valence-corrected chi connectivity index (χ1v) is 11.1. The van der Waals surface area contributed by atoms with Gasteiger partial charge in [0, 0.05) is 23.8 Å². The van der Waals surface area contributed by atoms with Crippen LogP contribution in [0.25, 0.3) is 17.1 Å². The molecule has 7 nitrogen and oxygen atoms in total. The van der Waals surface area contributed by atoms with E-state index in [-0.39, 0.29) is 24.1 Å². The van der Waals surface area contributed by atoms with Crippen LogP contribution in [0.2, 0.25) is 5.02 Å². The number of nitrogens with zero attached hydrogens (tertiary/aromatic N) is 3. The van der Waals surface area contributed by atoms with E-state index in [0.29, 0.717) is 16.5 Å². The van der Waals surface area contributed by atoms with Crippen LogP contribution in [-0.2, 0) is 4.79 Å². The minimum atomic E-state index is -0.381. The number of aryl methyl sites for hydroxylation is 3. The maximum absolute atomic E-state index is 13.2. The number of carbonyl (C=O) groups excluding carboxylic acids is 2. The summed E-state index contributed by atoms with van der Waals surface area (Å²) in [5.74, 6) is -0.102. The number of furan rings is 1. The lowest BCUT2D eigenvalue weighted by Gasteiger charge is -2.17. The second-order valence-corrected chi connectivity index (χ2v) is 8.70. The van der Waals surface area contributed by atoms with Crippen molar-refractivity contribution in [2.45, 2.75) is 20.8 Å². The molecular weight excluding hydrogens is 452 g/mol. The molecule has 2 aromatic heterocycles. The molecule has 0 saturated heterocycles. The van der Waals surface area contributed by atoms with Crippen LogP contribution in [-0.4, -0.2) is 40.1 Å². The van der Waals surface area contributed by atoms with Gasteiger partial charge in [-0.1, -0.05) is 29.3 Å². The number of amides is 2. The SMILES string of the molecule is Cc1cc(C)c(NC(=O)CN(C)C(=O)c2cc(-c3ccco3)n(-c3ccc(Cl)cc3)n2)c(C)c1. The third-order valence-electron chi connectivity index (χ3n) is 5.44. The van der Waals surface area contributed by atoms with Crippen molar-refractivity contribution in [2.75, 3.05) is 18.9 Å². The lowest BCUT2D eigenvalue weighted by atomic mass is 10.1. The Labute approximate surface area is 202 Å². The summed E-state index contributed by atoms with van der Waals surface area (Å²) in [6.07, 6.45) is 1.56. The summed E-state index contributed by atoms with van der Waals surface area (Å²) in [5.41, 5.74) is 5.38. The first-order chi connectivity index (χ1) is 16.2. The minimum Gasteiger partial charge on any atom is -0.463 e. The summed E-state index contributed by atoms with van der Waals surface area (Å²) in [5, 5.41) is 8.03. The summed E-state index contributed by atoms with van der Waals surface area (Å²) in [6, 6.07) is 16.3. The Hall–Kier alpha value is -3.84. The predicted octanol–water partition coefficient (Wildman–Crippen LogP) is 5.42. The quantitative estimate of drug-likeness (QED) is 0.403. The maximum Gasteiger partial charge on any atom is 0.274 e. The molecule has 0 aliphatic heterocycles. The van der Waals surface area contributed by atoms with Crippen LogP contribution >= 0.6 is 11.6 Å². The fraction of sp³-hybridized carbons (Fsp3) is 0.192. The Morgan fingerprint density at radius 3 is 2.35 bits per heavy atom. The molecule has 0 fully saturated rings. The first kappa shape index (κ1) is 23.3. The van der Waals surface area contributed by atoms with E-state index in [1.165, 1.54) is 4.90 Å². The topological polar surface area (TPSA) is 80.4 Å². The van der Waals surface area contributed by atoms with E-state index in [9.17, 15) is 9.59 Å². The molecule has 34 heavy (non-hydrogen) atoms. The molecule has 4 rings (SSSR count). The van der Waals surface area contributed by atoms with Gasteiger partial charge in [0.1, 0.15) is 5.69 Å². The lowest BCUT2D eigenvalue weighted by Crippen LogP contribution is -2.35. The van der Waals surface area contributed by atoms with Crippen LogP contribution < -0.4 is 5.32 Å². The smallest absolute Gasteiger partial charge is 0.274 e. The third kappa shape index (κ3) is 4.89. The van der Waals surface area contributed by atoms with Gasteiger partial charge in [-0.2, -0.15) is 5.10 Å². The van der Waals surface area contributed by atoms with Gasteiger partial charge >= 0.3 is 0 Å². The summed E-state index contributed by atoms with van der Waals surface area (Å²) in [7, 11) is 1.57. The molecule has 2 amide bonds. The number of hydrogen-bond acceptors (Lipinski definition) is 4. The van der Waals surface area contributed by atoms with E-state index in [4.69, 9.17) is 16.0 Å². The zero-order valence-electron chi connectivity index (χ0n) is 19.4. The van der Waals surface area contributed by atoms with Gasteiger partial charge in [0.05, 0.1) is 18.5 Å². The van der Waals surface area contributed by atoms with Gasteiger partial charge in [0.15, 0.2) is 11.5 Å². The molecule has 1 N–H and O–H groups in total. The number of likely N-dealkylation sites (N-methyl/N-ethyl adjacent to an activating group) is 1. The van der Waals surface area contributed by atoms with Gasteiger partial charge in [-0.3, -0.25) is 9.59 Å². The largest absolute Gasteiger partial charge is 0.463 e. The van der Waals surface area contributed by atoms with Crippen LogP contribution in [0.4, 0.5) is 5.69 Å². The number of rotatable bonds is 6. The van der Waals surface area contributed by atoms with E-state index >= 15 is 0 Å². The molecule has 2 aromatic carbocycles. The van der Waals surface area contributed by atoms with Crippen LogP contribution in [0.3, 0.4) is 0 Å². The number of nitrogens with one attached hydrogen (secondary N) is 1. The van der Waals surface area contributed by atoms with Crippen LogP contribution in [0, 0.1) is 20.8 Å². The van der Waals surface area contributed by atoms with Crippen molar-refractivity contribution in [2.24, 2.45) is 0 Å². The Bertz CT molecular complexity index is 1320. The molecule has 2 heterocycles. The van der Waals surface area contributed by atoms with Crippen molar-refractivity contribution in [3.05, 3.63) is 88.3 Å². The molecule has 0 spiro atoms. The molecule has 0 atom stereocenters. The van der Waals surface area contributed by atoms with E-state index in [1.54, 1.807) is 60.5 Å². The van der Waals surface area contributed by atoms with Gasteiger partial charge in [0.2, 0.25) is 5.91 Å². The minimum absolute atomic E-state index is 0.116. The highest BCUT2D eigenvalue weighted by atomic mass is 35.5. The van der Waals surface area contributed by atoms with Crippen LogP contribution in [0.5, 0.6) is 0 Å². The zero-order chi connectivity index (χ0) is 24.4. The predicted molar refractivity (Wildman–Crippen MR) is 133 cm³/mol. The van der Waals surface area contributed by atoms with Gasteiger partial charge in [-0.25, -0.2) is 4.68 Å². The van der Waals surface area contributed by atoms with Crippen LogP contribution in [0.1, 0.15) is 27.2 Å². The molecule has 0 unspecified atom stereocenters. The highest BCUT2D eigenvalue weighted by molar-refractivity contribution is 6.30. The van der Waals surface area contributed by atoms with Crippen LogP contribution in [0.15, 0.2) is 65.3 Å². The molecule has 0 radical (unpaired) electrons. The van der Waals surface area contributed by atoms with E-state index < -0.39 is 0 Å². The van der Waals surface area contributed by atoms with Crippen molar-refractivity contribution < 1.29 is 14.0 Å². The van der Waals surface area contributed by atoms with E-state index in [2.05, 4.69) is 10.4 Å². The molecule has 0 aliphatic rings. The Kier molecular flexibility index (Phi) is 6.56. The van der Waals surface area contributed by atoms with Crippen molar-refractivity contribution in [3.63, 3.8) is 0 Å². The lowest BCUT2D eigenvalue weighted by molar-refractivity contribution is -0.116. The number of carbonyl (C=O) groups is 2. The summed E-state index contributed by atoms with van der Waals surface area (Å²) < 4.78 is 7.17. The number of hydrogen-bond donors (Lipinski definition) is 1. The van der Waals surface area contributed by atoms with Gasteiger partial charge in [-0.15, -0.1) is 0 Å². The molecule has 0 saturated carbocycles. The summed E-state index contributed by atoms with van der Waals surface area (Å²) >= 11 is 6.02. The number of benzene rings is 2. The monoisotopic (exact) mass is 476 g/mol. The van der Waals surface area contributed by atoms with Crippen molar-refractivity contribution in [3.8, 4) is 17.1 Å².